The van der Waals surface area contributed by atoms with Crippen LogP contribution in [0.25, 0.3) is 0 Å². The molecule has 456 valence electrons. The van der Waals surface area contributed by atoms with Crippen molar-refractivity contribution in [3.8, 4) is 17.6 Å². The first-order valence-electron chi connectivity index (χ1n) is 27.9. The maximum atomic E-state index is 14.0. The number of carbonyl (C=O) groups is 3. The van der Waals surface area contributed by atoms with Gasteiger partial charge in [-0.1, -0.05) is 41.4 Å². The van der Waals surface area contributed by atoms with Gasteiger partial charge in [-0.05, 0) is 79.5 Å². The number of hydrogen-bond acceptors (Lipinski definition) is 19. The second kappa shape index (κ2) is 25.5. The van der Waals surface area contributed by atoms with Gasteiger partial charge in [0.2, 0.25) is 5.71 Å². The molecule has 1 fully saturated rings. The van der Waals surface area contributed by atoms with Gasteiger partial charge in [-0.3, -0.25) is 9.59 Å². The van der Waals surface area contributed by atoms with Crippen molar-refractivity contribution in [2.45, 2.75) is 95.4 Å². The first kappa shape index (κ1) is 61.5. The van der Waals surface area contributed by atoms with Gasteiger partial charge in [0.15, 0.2) is 0 Å². The van der Waals surface area contributed by atoms with E-state index >= 15 is 0 Å². The van der Waals surface area contributed by atoms with E-state index in [1.54, 1.807) is 24.3 Å². The molecule has 7 heterocycles. The summed E-state index contributed by atoms with van der Waals surface area (Å²) in [5.74, 6) is 3.85. The zero-order valence-corrected chi connectivity index (χ0v) is 50.1. The van der Waals surface area contributed by atoms with Crippen LogP contribution in [0.5, 0.6) is 5.75 Å². The van der Waals surface area contributed by atoms with E-state index in [1.807, 2.05) is 0 Å². The minimum atomic E-state index is -6.54. The Kier molecular flexibility index (Phi) is 18.3. The van der Waals surface area contributed by atoms with Crippen molar-refractivity contribution >= 4 is 74.5 Å². The topological polar surface area (TPSA) is 342 Å². The maximum absolute atomic E-state index is 14.0. The number of hydrogen-bond donors (Lipinski definition) is 6. The number of nitrogens with zero attached hydrogens (tertiary/aromatic N) is 3. The molecule has 30 heteroatoms. The molecule has 1 aliphatic carbocycles. The molecule has 0 bridgehead atoms. The Balaban J connectivity index is 0.00000838. The van der Waals surface area contributed by atoms with Gasteiger partial charge in [-0.15, -0.1) is 0 Å². The monoisotopic (exact) mass is 1280 g/mol. The largest absolute Gasteiger partial charge is 0.478 e. The Hall–Kier alpha value is -6.13. The Morgan fingerprint density at radius 2 is 1.71 bits per heavy atom. The minimum absolute atomic E-state index is 0. The van der Waals surface area contributed by atoms with Crippen molar-refractivity contribution < 1.29 is 88.0 Å². The van der Waals surface area contributed by atoms with Crippen LogP contribution in [0.2, 0.25) is 10.0 Å². The fourth-order valence-electron chi connectivity index (χ4n) is 12.7. The molecular weight excluding hydrogens is 1220 g/mol. The number of aromatic carboxylic acids is 1. The summed E-state index contributed by atoms with van der Waals surface area (Å²) in [5, 5.41) is 37.7. The molecular formula is C56H60Cl2N6O19P3+. The molecule has 6 atom stereocenters. The number of rotatable bonds is 20. The van der Waals surface area contributed by atoms with E-state index in [0.717, 1.165) is 105 Å². The molecule has 86 heavy (non-hydrogen) atoms. The molecule has 4 aromatic rings. The predicted molar refractivity (Wildman–Crippen MR) is 309 cm³/mol. The zero-order valence-electron chi connectivity index (χ0n) is 45.9. The Morgan fingerprint density at radius 3 is 2.44 bits per heavy atom. The number of aromatic amines is 1. The van der Waals surface area contributed by atoms with E-state index < -0.39 is 76.0 Å². The maximum Gasteiger partial charge on any atom is 0.337 e. The molecule has 3 aromatic carbocycles. The quantitative estimate of drug-likeness (QED) is 0.0133. The van der Waals surface area contributed by atoms with Gasteiger partial charge in [0.1, 0.15) is 24.6 Å². The molecule has 0 saturated carbocycles. The summed E-state index contributed by atoms with van der Waals surface area (Å²) in [5.41, 5.74) is 7.61. The number of ether oxygens (including phenoxy) is 3. The molecule has 1 saturated heterocycles. The van der Waals surface area contributed by atoms with Crippen molar-refractivity contribution in [1.29, 1.82) is 0 Å². The van der Waals surface area contributed by atoms with Crippen LogP contribution in [-0.4, -0.2) is 112 Å². The Labute approximate surface area is 503 Å². The number of carbonyl (C=O) groups excluding carboxylic acids is 2. The van der Waals surface area contributed by atoms with Crippen LogP contribution < -0.4 is 41.3 Å². The van der Waals surface area contributed by atoms with E-state index in [-0.39, 0.29) is 79.6 Å². The van der Waals surface area contributed by atoms with Crippen LogP contribution in [0.1, 0.15) is 129 Å². The zero-order chi connectivity index (χ0) is 60.6. The van der Waals surface area contributed by atoms with Gasteiger partial charge in [0.25, 0.3) is 11.8 Å². The number of allylic oxidation sites excluding steroid dienone is 3. The van der Waals surface area contributed by atoms with E-state index in [0.29, 0.717) is 16.7 Å². The van der Waals surface area contributed by atoms with Crippen molar-refractivity contribution in [1.82, 2.24) is 20.2 Å². The number of H-pyrrole nitrogens is 1. The molecule has 4 unspecified atom stereocenters. The summed E-state index contributed by atoms with van der Waals surface area (Å²) < 4.78 is 58.3. The van der Waals surface area contributed by atoms with Crippen LogP contribution in [0, 0.1) is 17.8 Å². The summed E-state index contributed by atoms with van der Waals surface area (Å²) in [6.07, 6.45) is 8.79. The van der Waals surface area contributed by atoms with E-state index in [1.165, 1.54) is 40.4 Å². The van der Waals surface area contributed by atoms with Crippen LogP contribution in [0.3, 0.4) is 0 Å². The number of benzene rings is 3. The third-order valence-electron chi connectivity index (χ3n) is 16.6. The summed E-state index contributed by atoms with van der Waals surface area (Å²) in [6, 6.07) is 10.2. The molecule has 0 radical (unpaired) electrons. The van der Waals surface area contributed by atoms with Gasteiger partial charge in [0, 0.05) is 85.3 Å². The number of amides is 2. The summed E-state index contributed by atoms with van der Waals surface area (Å²) >= 11 is 14.4. The molecule has 1 aromatic heterocycles. The van der Waals surface area contributed by atoms with Crippen molar-refractivity contribution in [3.05, 3.63) is 147 Å². The molecule has 7 aliphatic rings. The summed E-state index contributed by atoms with van der Waals surface area (Å²) in [4.78, 5) is 94.4. The van der Waals surface area contributed by atoms with Gasteiger partial charge in [-0.2, -0.15) is 0 Å². The van der Waals surface area contributed by atoms with Gasteiger partial charge >= 0.3 is 180 Å². The number of carboxylic acid groups (broad SMARTS) is 1. The first-order valence-corrected chi connectivity index (χ1v) is 34.4. The van der Waals surface area contributed by atoms with Crippen LogP contribution in [-0.2, 0) is 63.3 Å². The molecule has 6 N–H and O–H groups in total. The van der Waals surface area contributed by atoms with Gasteiger partial charge < -0.3 is 30.1 Å². The molecule has 6 aliphatic heterocycles. The fourth-order valence-corrected chi connectivity index (χ4v) is 17.8. The molecule has 25 nitrogen and oxygen atoms in total. The second-order valence-corrected chi connectivity index (χ2v) is 32.6. The Bertz CT molecular complexity index is 3770. The average molecular weight is 1280 g/mol. The van der Waals surface area contributed by atoms with Crippen LogP contribution in [0.15, 0.2) is 75.2 Å². The normalized spacial score (nSPS) is 21.0. The SMILES string of the molecule is O=C(NCCOCC#CCc1cn([C@H]2CC[C@@H](COP(OO)(OOO)([P+](=O)[O-])[P+](=O)[O-])O2)c(=O)[nH]c1=O)c1ccc(CNC(=O)c2cc(Cl)c(C3c4cc5c6c(c4OC4=C7CCC[N+]8=C7C(=CC43)CCC8)CCCN6CCC5)c(C(=O)O)c2Cl)cc1.[HH]. The Morgan fingerprint density at radius 1 is 0.953 bits per heavy atom. The second-order valence-electron chi connectivity index (χ2n) is 21.6. The number of aromatic nitrogens is 2. The van der Waals surface area contributed by atoms with E-state index in [2.05, 4.69) is 63.5 Å². The summed E-state index contributed by atoms with van der Waals surface area (Å²) in [6.45, 7) is -3.42. The number of carboxylic acids is 1. The van der Waals surface area contributed by atoms with E-state index in [9.17, 15) is 53.3 Å². The summed E-state index contributed by atoms with van der Waals surface area (Å²) in [7, 11) is -8.79. The molecule has 11 rings (SSSR count). The standard InChI is InChI=1S/C56H57Cl2N6O19P3.H2/c57-42-27-41(47(58)46(55(68)69)45(42)44-39-25-33-8-3-19-62-21-5-10-37(48(33)62)50(39)80-51-38-11-6-22-63-20-4-9-34(49(38)63)26-40(44)51)54(67)60-28-31-12-14-32(15-13-31)52(65)59-18-24-77-23-2-1-7-35-29-64(56(70)61-53(35)66)43-17-16-36(79-43)30-78-86(82-72,83-81-71,84(73)74)85(75)76;/h12-15,25-27,29,36,39,43-44H,3-11,16-24,28,30H2,(H5-,59,60,61,65,66,67,68,69,70,71,72);1H/p+1/t36-,39?,43+,44?;/m0./s1. The number of nitrogens with one attached hydrogen (secondary N) is 3. The average Bonchev–Trinajstić information content (AvgIpc) is 4.00. The van der Waals surface area contributed by atoms with Crippen molar-refractivity contribution in [2.24, 2.45) is 5.92 Å². The number of aryl methyl sites for hydroxylation is 1. The fraction of sp³-hybridized carbons (Fsp3) is 0.429. The molecule has 2 amide bonds. The third-order valence-corrected chi connectivity index (χ3v) is 27.0. The smallest absolute Gasteiger partial charge is 0.337 e. The van der Waals surface area contributed by atoms with Gasteiger partial charge in [0.05, 0.1) is 28.3 Å². The first-order chi connectivity index (χ1) is 41.4. The van der Waals surface area contributed by atoms with E-state index in [4.69, 9.17) is 47.2 Å². The van der Waals surface area contributed by atoms with Crippen LogP contribution in [0.4, 0.5) is 5.69 Å². The predicted octanol–water partition coefficient (Wildman–Crippen LogP) is 6.72. The van der Waals surface area contributed by atoms with Crippen molar-refractivity contribution in [3.63, 3.8) is 0 Å². The number of halogens is 2. The minimum Gasteiger partial charge on any atom is -0.478 e. The van der Waals surface area contributed by atoms with Crippen LogP contribution >= 0.6 is 45.3 Å². The third kappa shape index (κ3) is 11.4. The number of anilines is 1. The van der Waals surface area contributed by atoms with Gasteiger partial charge in [-0.25, -0.2) is 9.37 Å². The molecule has 0 spiro atoms. The number of fused-ring (bicyclic) bond motifs is 3. The van der Waals surface area contributed by atoms with Crippen molar-refractivity contribution in [2.75, 3.05) is 57.4 Å².